The van der Waals surface area contributed by atoms with Crippen molar-refractivity contribution in [3.05, 3.63) is 75.7 Å². The Bertz CT molecular complexity index is 1130. The van der Waals surface area contributed by atoms with E-state index in [1.54, 1.807) is 11.4 Å². The lowest BCUT2D eigenvalue weighted by Gasteiger charge is -2.14. The van der Waals surface area contributed by atoms with Gasteiger partial charge in [-0.3, -0.25) is 19.2 Å². The molecule has 0 radical (unpaired) electrons. The lowest BCUT2D eigenvalue weighted by molar-refractivity contribution is -0.122. The zero-order valence-electron chi connectivity index (χ0n) is 17.0. The van der Waals surface area contributed by atoms with Crippen LogP contribution in [0.4, 0.5) is 0 Å². The summed E-state index contributed by atoms with van der Waals surface area (Å²) in [6, 6.07) is 12.7. The molecule has 1 aromatic carbocycles. The minimum Gasteiger partial charge on any atom is -0.483 e. The van der Waals surface area contributed by atoms with Crippen molar-refractivity contribution in [2.75, 3.05) is 0 Å². The third-order valence-corrected chi connectivity index (χ3v) is 5.81. The molecular formula is C22H22N4O5S. The van der Waals surface area contributed by atoms with E-state index in [0.717, 1.165) is 23.4 Å². The highest BCUT2D eigenvalue weighted by Crippen LogP contribution is 2.24. The summed E-state index contributed by atoms with van der Waals surface area (Å²) >= 11 is 1.44. The smallest absolute Gasteiger partial charge is 0.290 e. The molecule has 1 aliphatic rings. The van der Waals surface area contributed by atoms with Gasteiger partial charge >= 0.3 is 0 Å². The van der Waals surface area contributed by atoms with Crippen LogP contribution < -0.4 is 16.2 Å². The lowest BCUT2D eigenvalue weighted by Crippen LogP contribution is -2.38. The maximum atomic E-state index is 12.5. The van der Waals surface area contributed by atoms with Gasteiger partial charge in [-0.25, -0.2) is 4.98 Å². The predicted molar refractivity (Wildman–Crippen MR) is 120 cm³/mol. The normalized spacial score (nSPS) is 17.0. The van der Waals surface area contributed by atoms with Crippen LogP contribution >= 0.6 is 11.3 Å². The van der Waals surface area contributed by atoms with E-state index >= 15 is 0 Å². The number of H-pyrrole nitrogens is 1. The van der Waals surface area contributed by atoms with Gasteiger partial charge in [-0.05, 0) is 31.4 Å². The zero-order valence-corrected chi connectivity index (χ0v) is 17.8. The van der Waals surface area contributed by atoms with Crippen molar-refractivity contribution in [3.63, 3.8) is 0 Å². The van der Waals surface area contributed by atoms with Gasteiger partial charge in [-0.1, -0.05) is 30.3 Å². The molecule has 4 N–H and O–H groups in total. The van der Waals surface area contributed by atoms with E-state index in [1.807, 2.05) is 30.3 Å². The van der Waals surface area contributed by atoms with Gasteiger partial charge in [0.1, 0.15) is 16.3 Å². The number of carbonyl (C=O) groups is 3. The fourth-order valence-corrected chi connectivity index (χ4v) is 4.26. The molecule has 166 valence electrons. The minimum atomic E-state index is -0.411. The maximum absolute atomic E-state index is 12.5. The molecule has 2 heterocycles. The number of amides is 2. The number of rotatable bonds is 5. The van der Waals surface area contributed by atoms with Gasteiger partial charge in [-0.15, -0.1) is 11.3 Å². The molecular weight excluding hydrogens is 432 g/mol. The fraction of sp³-hybridized carbons (Fsp3) is 0.227. The Kier molecular flexibility index (Phi) is 7.87. The standard InChI is InChI=1S/C21H20N4O3S.CH2O2/c26-18-16(7-4-10-22-18)19(27)23-14-8-9-15(11-14)24-20(28)17-12-29-21(25-17)13-5-2-1-3-6-13;2-1-3/h1-7,10,12,14-15H,8-9,11H2,(H,22,26)(H,23,27)(H,24,28);1H,(H,2,3)/t14-,15+;/m0./s1. The highest BCUT2D eigenvalue weighted by Gasteiger charge is 2.28. The molecule has 2 aromatic heterocycles. The molecule has 2 amide bonds. The Morgan fingerprint density at radius 1 is 1.06 bits per heavy atom. The van der Waals surface area contributed by atoms with Crippen LogP contribution in [0.25, 0.3) is 10.6 Å². The SMILES string of the molecule is O=C(N[C@@H]1CC[C@H](NC(=O)c2ccc[nH]c2=O)C1)c1csc(-c2ccccc2)n1.O=CO. The number of thiazole rings is 1. The van der Waals surface area contributed by atoms with E-state index in [2.05, 4.69) is 20.6 Å². The first-order valence-corrected chi connectivity index (χ1v) is 10.8. The number of pyridine rings is 1. The second-order valence-electron chi connectivity index (χ2n) is 7.08. The van der Waals surface area contributed by atoms with Crippen molar-refractivity contribution in [3.8, 4) is 10.6 Å². The summed E-state index contributed by atoms with van der Waals surface area (Å²) in [5.41, 5.74) is 1.06. The van der Waals surface area contributed by atoms with Crippen LogP contribution in [0.2, 0.25) is 0 Å². The predicted octanol–water partition coefficient (Wildman–Crippen LogP) is 2.28. The summed E-state index contributed by atoms with van der Waals surface area (Å²) in [5, 5.41) is 15.3. The lowest BCUT2D eigenvalue weighted by atomic mass is 10.2. The van der Waals surface area contributed by atoms with Crippen LogP contribution in [0.3, 0.4) is 0 Å². The minimum absolute atomic E-state index is 0.0382. The first-order chi connectivity index (χ1) is 15.5. The van der Waals surface area contributed by atoms with Crippen LogP contribution in [-0.4, -0.2) is 45.4 Å². The Morgan fingerprint density at radius 3 is 2.38 bits per heavy atom. The van der Waals surface area contributed by atoms with E-state index in [4.69, 9.17) is 9.90 Å². The first-order valence-electron chi connectivity index (χ1n) is 9.90. The van der Waals surface area contributed by atoms with Gasteiger partial charge in [0.15, 0.2) is 0 Å². The number of aromatic amines is 1. The van der Waals surface area contributed by atoms with E-state index in [9.17, 15) is 14.4 Å². The molecule has 10 heteroatoms. The summed E-state index contributed by atoms with van der Waals surface area (Å²) in [5.74, 6) is -0.601. The molecule has 3 aromatic rings. The van der Waals surface area contributed by atoms with Crippen LogP contribution in [0.5, 0.6) is 0 Å². The summed E-state index contributed by atoms with van der Waals surface area (Å²) in [7, 11) is 0. The molecule has 32 heavy (non-hydrogen) atoms. The summed E-state index contributed by atoms with van der Waals surface area (Å²) in [6.45, 7) is -0.250. The van der Waals surface area contributed by atoms with Gasteiger partial charge in [0.05, 0.1) is 0 Å². The summed E-state index contributed by atoms with van der Waals surface area (Å²) in [6.07, 6.45) is 3.62. The van der Waals surface area contributed by atoms with Crippen molar-refractivity contribution < 1.29 is 19.5 Å². The summed E-state index contributed by atoms with van der Waals surface area (Å²) in [4.78, 5) is 51.8. The molecule has 1 saturated carbocycles. The molecule has 0 saturated heterocycles. The van der Waals surface area contributed by atoms with E-state index < -0.39 is 11.5 Å². The average molecular weight is 455 g/mol. The largest absolute Gasteiger partial charge is 0.483 e. The van der Waals surface area contributed by atoms with Crippen molar-refractivity contribution in [2.24, 2.45) is 0 Å². The Balaban J connectivity index is 0.000000913. The monoisotopic (exact) mass is 454 g/mol. The van der Waals surface area contributed by atoms with Gasteiger partial charge in [0, 0.05) is 29.2 Å². The highest BCUT2D eigenvalue weighted by atomic mass is 32.1. The number of carboxylic acid groups (broad SMARTS) is 1. The quantitative estimate of drug-likeness (QED) is 0.436. The van der Waals surface area contributed by atoms with E-state index in [-0.39, 0.29) is 30.0 Å². The van der Waals surface area contributed by atoms with Crippen LogP contribution in [0.1, 0.15) is 40.1 Å². The Hall–Kier alpha value is -3.79. The van der Waals surface area contributed by atoms with E-state index in [1.165, 1.54) is 23.6 Å². The Labute approximate surface area is 187 Å². The zero-order chi connectivity index (χ0) is 22.9. The first kappa shape index (κ1) is 22.9. The van der Waals surface area contributed by atoms with E-state index in [0.29, 0.717) is 12.1 Å². The maximum Gasteiger partial charge on any atom is 0.290 e. The average Bonchev–Trinajstić information content (AvgIpc) is 3.45. The Morgan fingerprint density at radius 2 is 1.72 bits per heavy atom. The van der Waals surface area contributed by atoms with Gasteiger partial charge in [-0.2, -0.15) is 0 Å². The second-order valence-corrected chi connectivity index (χ2v) is 7.93. The van der Waals surface area contributed by atoms with Crippen molar-refractivity contribution in [2.45, 2.75) is 31.3 Å². The van der Waals surface area contributed by atoms with Crippen molar-refractivity contribution in [1.82, 2.24) is 20.6 Å². The van der Waals surface area contributed by atoms with Gasteiger partial charge in [0.25, 0.3) is 23.8 Å². The van der Waals surface area contributed by atoms with Crippen LogP contribution in [0.15, 0.2) is 58.8 Å². The number of carbonyl (C=O) groups excluding carboxylic acids is 2. The number of aromatic nitrogens is 2. The van der Waals surface area contributed by atoms with Gasteiger partial charge < -0.3 is 20.7 Å². The molecule has 1 aliphatic carbocycles. The number of hydrogen-bond acceptors (Lipinski definition) is 6. The molecule has 2 atom stereocenters. The van der Waals surface area contributed by atoms with Crippen LogP contribution in [0, 0.1) is 0 Å². The molecule has 9 nitrogen and oxygen atoms in total. The molecule has 0 aliphatic heterocycles. The molecule has 0 bridgehead atoms. The molecule has 0 unspecified atom stereocenters. The van der Waals surface area contributed by atoms with Crippen molar-refractivity contribution >= 4 is 29.6 Å². The number of benzene rings is 1. The molecule has 1 fully saturated rings. The third-order valence-electron chi connectivity index (χ3n) is 4.92. The van der Waals surface area contributed by atoms with Crippen LogP contribution in [-0.2, 0) is 4.79 Å². The molecule has 4 rings (SSSR count). The highest BCUT2D eigenvalue weighted by molar-refractivity contribution is 7.13. The topological polar surface area (TPSA) is 141 Å². The van der Waals surface area contributed by atoms with Crippen molar-refractivity contribution in [1.29, 1.82) is 0 Å². The molecule has 0 spiro atoms. The second kappa shape index (κ2) is 11.0. The summed E-state index contributed by atoms with van der Waals surface area (Å²) < 4.78 is 0. The number of hydrogen-bond donors (Lipinski definition) is 4. The fourth-order valence-electron chi connectivity index (χ4n) is 3.46. The number of nitrogens with zero attached hydrogens (tertiary/aromatic N) is 1. The van der Waals surface area contributed by atoms with Gasteiger partial charge in [0.2, 0.25) is 0 Å². The third kappa shape index (κ3) is 5.88. The number of nitrogens with one attached hydrogen (secondary N) is 3.